The standard InChI is InChI=1S/C17H14O4/c1-12-7-9-14(17(19)20)15(11-12)21-16(18)10-8-13-5-3-2-4-6-13/h2-11H,1H3,(H,19,20)/b10-8+. The number of ether oxygens (including phenoxy) is 1. The number of hydrogen-bond donors (Lipinski definition) is 1. The number of esters is 1. The summed E-state index contributed by atoms with van der Waals surface area (Å²) in [6, 6.07) is 13.9. The normalized spacial score (nSPS) is 10.5. The van der Waals surface area contributed by atoms with Crippen LogP contribution in [-0.2, 0) is 4.79 Å². The minimum Gasteiger partial charge on any atom is -0.478 e. The van der Waals surface area contributed by atoms with Gasteiger partial charge in [-0.15, -0.1) is 0 Å². The van der Waals surface area contributed by atoms with Crippen molar-refractivity contribution in [2.75, 3.05) is 0 Å². The lowest BCUT2D eigenvalue weighted by atomic mass is 10.1. The van der Waals surface area contributed by atoms with Gasteiger partial charge in [-0.1, -0.05) is 36.4 Å². The van der Waals surface area contributed by atoms with Gasteiger partial charge in [0.25, 0.3) is 0 Å². The highest BCUT2D eigenvalue weighted by atomic mass is 16.5. The Bertz CT molecular complexity index is 687. The smallest absolute Gasteiger partial charge is 0.339 e. The number of aromatic carboxylic acids is 1. The van der Waals surface area contributed by atoms with Gasteiger partial charge in [-0.2, -0.15) is 0 Å². The van der Waals surface area contributed by atoms with E-state index in [1.807, 2.05) is 30.3 Å². The van der Waals surface area contributed by atoms with E-state index in [1.54, 1.807) is 19.1 Å². The van der Waals surface area contributed by atoms with E-state index in [1.165, 1.54) is 18.2 Å². The van der Waals surface area contributed by atoms with Crippen molar-refractivity contribution in [1.82, 2.24) is 0 Å². The summed E-state index contributed by atoms with van der Waals surface area (Å²) < 4.78 is 5.10. The molecule has 2 aromatic rings. The van der Waals surface area contributed by atoms with Gasteiger partial charge < -0.3 is 9.84 Å². The van der Waals surface area contributed by atoms with Gasteiger partial charge in [0.2, 0.25) is 0 Å². The van der Waals surface area contributed by atoms with Crippen molar-refractivity contribution in [2.45, 2.75) is 6.92 Å². The van der Waals surface area contributed by atoms with Crippen LogP contribution in [0.1, 0.15) is 21.5 Å². The fourth-order valence-corrected chi connectivity index (χ4v) is 1.76. The molecule has 0 aliphatic carbocycles. The van der Waals surface area contributed by atoms with Crippen molar-refractivity contribution < 1.29 is 19.4 Å². The zero-order valence-electron chi connectivity index (χ0n) is 11.4. The molecule has 21 heavy (non-hydrogen) atoms. The second-order valence-corrected chi connectivity index (χ2v) is 4.47. The van der Waals surface area contributed by atoms with Crippen molar-refractivity contribution in [3.63, 3.8) is 0 Å². The summed E-state index contributed by atoms with van der Waals surface area (Å²) in [5, 5.41) is 9.07. The molecule has 2 rings (SSSR count). The van der Waals surface area contributed by atoms with Crippen LogP contribution in [0.5, 0.6) is 5.75 Å². The molecule has 0 bridgehead atoms. The molecule has 4 heteroatoms. The van der Waals surface area contributed by atoms with E-state index < -0.39 is 11.9 Å². The molecule has 0 saturated heterocycles. The molecule has 0 unspecified atom stereocenters. The Labute approximate surface area is 122 Å². The Kier molecular flexibility index (Phi) is 4.51. The van der Waals surface area contributed by atoms with E-state index in [-0.39, 0.29) is 11.3 Å². The highest BCUT2D eigenvalue weighted by Crippen LogP contribution is 2.20. The predicted octanol–water partition coefficient (Wildman–Crippen LogP) is 3.31. The minimum atomic E-state index is -1.13. The number of carboxylic acid groups (broad SMARTS) is 1. The van der Waals surface area contributed by atoms with E-state index in [4.69, 9.17) is 9.84 Å². The van der Waals surface area contributed by atoms with E-state index in [0.717, 1.165) is 11.1 Å². The molecular formula is C17H14O4. The van der Waals surface area contributed by atoms with Crippen molar-refractivity contribution in [2.24, 2.45) is 0 Å². The van der Waals surface area contributed by atoms with Crippen LogP contribution >= 0.6 is 0 Å². The first-order valence-electron chi connectivity index (χ1n) is 6.35. The molecule has 0 fully saturated rings. The van der Waals surface area contributed by atoms with Gasteiger partial charge in [-0.05, 0) is 36.3 Å². The molecule has 0 aromatic heterocycles. The van der Waals surface area contributed by atoms with Crippen molar-refractivity contribution in [3.05, 3.63) is 71.3 Å². The van der Waals surface area contributed by atoms with E-state index in [2.05, 4.69) is 0 Å². The van der Waals surface area contributed by atoms with Crippen LogP contribution in [0.4, 0.5) is 0 Å². The lowest BCUT2D eigenvalue weighted by Gasteiger charge is -2.06. The summed E-state index contributed by atoms with van der Waals surface area (Å²) in [7, 11) is 0. The summed E-state index contributed by atoms with van der Waals surface area (Å²) in [5.41, 5.74) is 1.63. The Morgan fingerprint density at radius 2 is 1.81 bits per heavy atom. The number of rotatable bonds is 4. The number of hydrogen-bond acceptors (Lipinski definition) is 3. The first-order chi connectivity index (χ1) is 10.1. The van der Waals surface area contributed by atoms with E-state index in [0.29, 0.717) is 0 Å². The van der Waals surface area contributed by atoms with Gasteiger partial charge in [0.15, 0.2) is 0 Å². The molecule has 1 N–H and O–H groups in total. The molecule has 106 valence electrons. The number of benzene rings is 2. The second-order valence-electron chi connectivity index (χ2n) is 4.47. The highest BCUT2D eigenvalue weighted by molar-refractivity contribution is 5.94. The number of aryl methyl sites for hydroxylation is 1. The third-order valence-corrected chi connectivity index (χ3v) is 2.79. The van der Waals surface area contributed by atoms with Crippen LogP contribution in [0.15, 0.2) is 54.6 Å². The largest absolute Gasteiger partial charge is 0.478 e. The monoisotopic (exact) mass is 282 g/mol. The fraction of sp³-hybridized carbons (Fsp3) is 0.0588. The molecule has 0 saturated carbocycles. The second kappa shape index (κ2) is 6.52. The SMILES string of the molecule is Cc1ccc(C(=O)O)c(OC(=O)/C=C/c2ccccc2)c1. The lowest BCUT2D eigenvalue weighted by Crippen LogP contribution is -2.08. The van der Waals surface area contributed by atoms with Crippen LogP contribution in [0.25, 0.3) is 6.08 Å². The lowest BCUT2D eigenvalue weighted by molar-refractivity contribution is -0.128. The first-order valence-corrected chi connectivity index (χ1v) is 6.35. The number of carbonyl (C=O) groups excluding carboxylic acids is 1. The van der Waals surface area contributed by atoms with Crippen LogP contribution in [0.2, 0.25) is 0 Å². The topological polar surface area (TPSA) is 63.6 Å². The fourth-order valence-electron chi connectivity index (χ4n) is 1.76. The number of carboxylic acids is 1. The average Bonchev–Trinajstić information content (AvgIpc) is 2.46. The summed E-state index contributed by atoms with van der Waals surface area (Å²) in [5.74, 6) is -1.71. The Hall–Kier alpha value is -2.88. The quantitative estimate of drug-likeness (QED) is 0.531. The Morgan fingerprint density at radius 3 is 2.48 bits per heavy atom. The zero-order valence-corrected chi connectivity index (χ0v) is 11.4. The third kappa shape index (κ3) is 4.04. The Balaban J connectivity index is 2.15. The molecule has 0 aliphatic heterocycles. The van der Waals surface area contributed by atoms with Crippen LogP contribution in [0.3, 0.4) is 0 Å². The maximum absolute atomic E-state index is 11.8. The molecule has 4 nitrogen and oxygen atoms in total. The summed E-state index contributed by atoms with van der Waals surface area (Å²) >= 11 is 0. The van der Waals surface area contributed by atoms with E-state index in [9.17, 15) is 9.59 Å². The van der Waals surface area contributed by atoms with Gasteiger partial charge in [0, 0.05) is 6.08 Å². The molecule has 0 amide bonds. The van der Waals surface area contributed by atoms with Crippen LogP contribution in [-0.4, -0.2) is 17.0 Å². The van der Waals surface area contributed by atoms with E-state index >= 15 is 0 Å². The van der Waals surface area contributed by atoms with Gasteiger partial charge in [0.05, 0.1) is 0 Å². The highest BCUT2D eigenvalue weighted by Gasteiger charge is 2.13. The van der Waals surface area contributed by atoms with Crippen molar-refractivity contribution >= 4 is 18.0 Å². The summed E-state index contributed by atoms with van der Waals surface area (Å²) in [6.45, 7) is 1.79. The maximum Gasteiger partial charge on any atom is 0.339 e. The van der Waals surface area contributed by atoms with Crippen LogP contribution < -0.4 is 4.74 Å². The van der Waals surface area contributed by atoms with Gasteiger partial charge in [-0.25, -0.2) is 9.59 Å². The molecule has 2 aromatic carbocycles. The molecule has 0 aliphatic rings. The van der Waals surface area contributed by atoms with Crippen molar-refractivity contribution in [3.8, 4) is 5.75 Å². The van der Waals surface area contributed by atoms with Gasteiger partial charge in [0.1, 0.15) is 11.3 Å². The predicted molar refractivity (Wildman–Crippen MR) is 79.2 cm³/mol. The summed E-state index contributed by atoms with van der Waals surface area (Å²) in [6.07, 6.45) is 2.88. The maximum atomic E-state index is 11.8. The summed E-state index contributed by atoms with van der Waals surface area (Å²) in [4.78, 5) is 22.9. The van der Waals surface area contributed by atoms with Gasteiger partial charge >= 0.3 is 11.9 Å². The Morgan fingerprint density at radius 1 is 1.10 bits per heavy atom. The van der Waals surface area contributed by atoms with Gasteiger partial charge in [-0.3, -0.25) is 0 Å². The molecule has 0 radical (unpaired) electrons. The van der Waals surface area contributed by atoms with Crippen molar-refractivity contribution in [1.29, 1.82) is 0 Å². The number of carbonyl (C=O) groups is 2. The minimum absolute atomic E-state index is 0.0398. The van der Waals surface area contributed by atoms with Crippen LogP contribution in [0, 0.1) is 6.92 Å². The molecule has 0 spiro atoms. The molecular weight excluding hydrogens is 268 g/mol. The third-order valence-electron chi connectivity index (χ3n) is 2.79. The molecule has 0 atom stereocenters. The average molecular weight is 282 g/mol. The zero-order chi connectivity index (χ0) is 15.2. The molecule has 0 heterocycles. The first kappa shape index (κ1) is 14.5.